The second-order valence-electron chi connectivity index (χ2n) is 4.41. The van der Waals surface area contributed by atoms with Crippen LogP contribution in [0.5, 0.6) is 0 Å². The number of aromatic amines is 1. The molecule has 0 radical (unpaired) electrons. The minimum absolute atomic E-state index is 0.186. The molecule has 7 nitrogen and oxygen atoms in total. The summed E-state index contributed by atoms with van der Waals surface area (Å²) in [6.45, 7) is 0.993. The molecule has 0 amide bonds. The van der Waals surface area contributed by atoms with Crippen LogP contribution in [0, 0.1) is 0 Å². The molecule has 1 atom stereocenters. The number of nitrogens with zero attached hydrogens (tertiary/aromatic N) is 3. The molecular formula is C12H14N4O3S. The molecule has 8 heteroatoms. The van der Waals surface area contributed by atoms with E-state index in [9.17, 15) is 8.42 Å². The summed E-state index contributed by atoms with van der Waals surface area (Å²) < 4.78 is 32.2. The van der Waals surface area contributed by atoms with Crippen molar-refractivity contribution in [2.24, 2.45) is 0 Å². The Balaban J connectivity index is 1.98. The molecule has 2 aromatic heterocycles. The summed E-state index contributed by atoms with van der Waals surface area (Å²) in [7, 11) is -3.59. The van der Waals surface area contributed by atoms with E-state index >= 15 is 0 Å². The van der Waals surface area contributed by atoms with Gasteiger partial charge < -0.3 is 4.74 Å². The summed E-state index contributed by atoms with van der Waals surface area (Å²) >= 11 is 0. The fourth-order valence-electron chi connectivity index (χ4n) is 2.21. The van der Waals surface area contributed by atoms with Gasteiger partial charge in [0.2, 0.25) is 10.0 Å². The van der Waals surface area contributed by atoms with E-state index in [4.69, 9.17) is 4.74 Å². The van der Waals surface area contributed by atoms with Crippen LogP contribution in [0.25, 0.3) is 0 Å². The van der Waals surface area contributed by atoms with Crippen LogP contribution in [0.2, 0.25) is 0 Å². The SMILES string of the molecule is O=S(=O)(c1cccnc1)N1CCOCC1c1ccn[nH]1. The average molecular weight is 294 g/mol. The number of hydrogen-bond acceptors (Lipinski definition) is 5. The molecule has 1 unspecified atom stereocenters. The lowest BCUT2D eigenvalue weighted by atomic mass is 10.2. The zero-order chi connectivity index (χ0) is 14.0. The molecule has 3 rings (SSSR count). The predicted octanol–water partition coefficient (Wildman–Crippen LogP) is 0.567. The number of pyridine rings is 1. The topological polar surface area (TPSA) is 88.2 Å². The predicted molar refractivity (Wildman–Crippen MR) is 70.3 cm³/mol. The summed E-state index contributed by atoms with van der Waals surface area (Å²) in [6.07, 6.45) is 4.50. The summed E-state index contributed by atoms with van der Waals surface area (Å²) in [6, 6.07) is 4.52. The molecule has 3 heterocycles. The lowest BCUT2D eigenvalue weighted by Crippen LogP contribution is -2.43. The van der Waals surface area contributed by atoms with Crippen molar-refractivity contribution in [3.8, 4) is 0 Å². The number of ether oxygens (including phenoxy) is 1. The van der Waals surface area contributed by atoms with Gasteiger partial charge in [0.15, 0.2) is 0 Å². The van der Waals surface area contributed by atoms with E-state index in [-0.39, 0.29) is 4.90 Å². The molecule has 0 spiro atoms. The smallest absolute Gasteiger partial charge is 0.245 e. The molecule has 1 fully saturated rings. The fraction of sp³-hybridized carbons (Fsp3) is 0.333. The molecule has 1 aliphatic heterocycles. The maximum atomic E-state index is 12.7. The summed E-state index contributed by atoms with van der Waals surface area (Å²) in [5.74, 6) is 0. The van der Waals surface area contributed by atoms with Crippen molar-refractivity contribution in [3.05, 3.63) is 42.5 Å². The Bertz CT molecular complexity index is 657. The molecule has 1 aliphatic rings. The summed E-state index contributed by atoms with van der Waals surface area (Å²) in [5.41, 5.74) is 0.720. The Labute approximate surface area is 116 Å². The zero-order valence-corrected chi connectivity index (χ0v) is 11.5. The van der Waals surface area contributed by atoms with Crippen LogP contribution in [-0.2, 0) is 14.8 Å². The Kier molecular flexibility index (Phi) is 3.51. The van der Waals surface area contributed by atoms with Crippen LogP contribution in [-0.4, -0.2) is 47.7 Å². The lowest BCUT2D eigenvalue weighted by Gasteiger charge is -2.33. The van der Waals surface area contributed by atoms with Crippen molar-refractivity contribution < 1.29 is 13.2 Å². The van der Waals surface area contributed by atoms with Crippen molar-refractivity contribution >= 4 is 10.0 Å². The standard InChI is InChI=1S/C12H14N4O3S/c17-20(18,10-2-1-4-13-8-10)16-6-7-19-9-12(16)11-3-5-14-15-11/h1-5,8,12H,6-7,9H2,(H,14,15). The maximum absolute atomic E-state index is 12.7. The lowest BCUT2D eigenvalue weighted by molar-refractivity contribution is 0.0305. The highest BCUT2D eigenvalue weighted by Crippen LogP contribution is 2.28. The molecule has 0 aromatic carbocycles. The number of aromatic nitrogens is 3. The molecule has 0 aliphatic carbocycles. The highest BCUT2D eigenvalue weighted by molar-refractivity contribution is 7.89. The first-order valence-corrected chi connectivity index (χ1v) is 7.62. The van der Waals surface area contributed by atoms with Crippen LogP contribution < -0.4 is 0 Å². The van der Waals surface area contributed by atoms with Crippen molar-refractivity contribution in [3.63, 3.8) is 0 Å². The van der Waals surface area contributed by atoms with Gasteiger partial charge in [-0.25, -0.2) is 8.42 Å². The molecule has 2 aromatic rings. The van der Waals surface area contributed by atoms with Gasteiger partial charge in [-0.1, -0.05) is 0 Å². The van der Waals surface area contributed by atoms with Crippen LogP contribution in [0.4, 0.5) is 0 Å². The maximum Gasteiger partial charge on any atom is 0.245 e. The van der Waals surface area contributed by atoms with Gasteiger partial charge in [-0.05, 0) is 18.2 Å². The Morgan fingerprint density at radius 3 is 2.95 bits per heavy atom. The van der Waals surface area contributed by atoms with Crippen LogP contribution >= 0.6 is 0 Å². The van der Waals surface area contributed by atoms with Crippen LogP contribution in [0.15, 0.2) is 41.7 Å². The normalized spacial score (nSPS) is 20.9. The van der Waals surface area contributed by atoms with Crippen LogP contribution in [0.1, 0.15) is 11.7 Å². The molecule has 1 saturated heterocycles. The highest BCUT2D eigenvalue weighted by Gasteiger charge is 2.35. The Morgan fingerprint density at radius 1 is 1.35 bits per heavy atom. The van der Waals surface area contributed by atoms with Gasteiger partial charge in [0.05, 0.1) is 24.9 Å². The number of hydrogen-bond donors (Lipinski definition) is 1. The number of morpholine rings is 1. The Morgan fingerprint density at radius 2 is 2.25 bits per heavy atom. The quantitative estimate of drug-likeness (QED) is 0.894. The summed E-state index contributed by atoms with van der Waals surface area (Å²) in [5, 5.41) is 6.68. The highest BCUT2D eigenvalue weighted by atomic mass is 32.2. The minimum atomic E-state index is -3.59. The molecule has 106 valence electrons. The van der Waals surface area contributed by atoms with Gasteiger partial charge in [0, 0.05) is 25.1 Å². The summed E-state index contributed by atoms with van der Waals surface area (Å²) in [4.78, 5) is 4.06. The minimum Gasteiger partial charge on any atom is -0.378 e. The van der Waals surface area contributed by atoms with Gasteiger partial charge in [0.25, 0.3) is 0 Å². The second-order valence-corrected chi connectivity index (χ2v) is 6.30. The van der Waals surface area contributed by atoms with E-state index in [1.165, 1.54) is 10.5 Å². The van der Waals surface area contributed by atoms with Gasteiger partial charge in [-0.15, -0.1) is 0 Å². The molecule has 20 heavy (non-hydrogen) atoms. The van der Waals surface area contributed by atoms with Crippen molar-refractivity contribution in [1.29, 1.82) is 0 Å². The number of H-pyrrole nitrogens is 1. The van der Waals surface area contributed by atoms with Crippen molar-refractivity contribution in [2.75, 3.05) is 19.8 Å². The second kappa shape index (κ2) is 5.31. The molecule has 1 N–H and O–H groups in total. The molecule has 0 saturated carbocycles. The van der Waals surface area contributed by atoms with Gasteiger partial charge in [-0.3, -0.25) is 10.1 Å². The third-order valence-electron chi connectivity index (χ3n) is 3.20. The van der Waals surface area contributed by atoms with E-state index in [1.54, 1.807) is 30.6 Å². The van der Waals surface area contributed by atoms with E-state index in [0.29, 0.717) is 19.8 Å². The van der Waals surface area contributed by atoms with Crippen molar-refractivity contribution in [2.45, 2.75) is 10.9 Å². The number of nitrogens with one attached hydrogen (secondary N) is 1. The fourth-order valence-corrected chi connectivity index (χ4v) is 3.75. The third kappa shape index (κ3) is 2.33. The van der Waals surface area contributed by atoms with E-state index in [1.807, 2.05) is 0 Å². The van der Waals surface area contributed by atoms with E-state index < -0.39 is 16.1 Å². The number of rotatable bonds is 3. The largest absolute Gasteiger partial charge is 0.378 e. The molecule has 0 bridgehead atoms. The van der Waals surface area contributed by atoms with Crippen molar-refractivity contribution in [1.82, 2.24) is 19.5 Å². The Hall–Kier alpha value is -1.77. The first-order chi connectivity index (χ1) is 9.69. The van der Waals surface area contributed by atoms with E-state index in [0.717, 1.165) is 5.69 Å². The first-order valence-electron chi connectivity index (χ1n) is 6.18. The zero-order valence-electron chi connectivity index (χ0n) is 10.6. The first kappa shape index (κ1) is 13.2. The monoisotopic (exact) mass is 294 g/mol. The van der Waals surface area contributed by atoms with E-state index in [2.05, 4.69) is 15.2 Å². The number of sulfonamides is 1. The average Bonchev–Trinajstić information content (AvgIpc) is 3.02. The van der Waals surface area contributed by atoms with Gasteiger partial charge in [-0.2, -0.15) is 9.40 Å². The molecular weight excluding hydrogens is 280 g/mol. The van der Waals surface area contributed by atoms with Crippen LogP contribution in [0.3, 0.4) is 0 Å². The van der Waals surface area contributed by atoms with Gasteiger partial charge >= 0.3 is 0 Å². The third-order valence-corrected chi connectivity index (χ3v) is 5.09. The van der Waals surface area contributed by atoms with Gasteiger partial charge in [0.1, 0.15) is 4.90 Å².